The first-order chi connectivity index (χ1) is 12.8. The molecular weight excluding hydrogens is 386 g/mol. The molecule has 144 valence electrons. The highest BCUT2D eigenvalue weighted by molar-refractivity contribution is 7.92. The monoisotopic (exact) mass is 407 g/mol. The lowest BCUT2D eigenvalue weighted by Crippen LogP contribution is -2.44. The number of anilines is 2. The minimum atomic E-state index is -3.80. The van der Waals surface area contributed by atoms with E-state index in [9.17, 15) is 13.2 Å². The van der Waals surface area contributed by atoms with Crippen LogP contribution in [0.1, 0.15) is 17.3 Å². The maximum Gasteiger partial charge on any atom is 0.261 e. The van der Waals surface area contributed by atoms with Crippen molar-refractivity contribution in [2.24, 2.45) is 0 Å². The van der Waals surface area contributed by atoms with Gasteiger partial charge in [-0.25, -0.2) is 8.42 Å². The zero-order chi connectivity index (χ0) is 19.6. The molecule has 0 saturated carbocycles. The molecule has 3 rings (SSSR count). The highest BCUT2D eigenvalue weighted by atomic mass is 35.5. The lowest BCUT2D eigenvalue weighted by Gasteiger charge is -2.35. The van der Waals surface area contributed by atoms with E-state index in [0.29, 0.717) is 16.3 Å². The van der Waals surface area contributed by atoms with Gasteiger partial charge in [-0.05, 0) is 44.3 Å². The van der Waals surface area contributed by atoms with E-state index in [1.165, 1.54) is 31.2 Å². The molecular formula is C19H22ClN3O3S. The predicted molar refractivity (Wildman–Crippen MR) is 108 cm³/mol. The predicted octanol–water partition coefficient (Wildman–Crippen LogP) is 3.10. The van der Waals surface area contributed by atoms with Gasteiger partial charge in [-0.15, -0.1) is 0 Å². The van der Waals surface area contributed by atoms with E-state index in [4.69, 9.17) is 11.6 Å². The number of nitrogens with zero attached hydrogens (tertiary/aromatic N) is 2. The molecule has 0 unspecified atom stereocenters. The summed E-state index contributed by atoms with van der Waals surface area (Å²) in [5.74, 6) is -0.112. The molecule has 0 radical (unpaired) electrons. The van der Waals surface area contributed by atoms with Crippen LogP contribution in [0.2, 0.25) is 5.02 Å². The van der Waals surface area contributed by atoms with Crippen molar-refractivity contribution in [3.63, 3.8) is 0 Å². The number of ketones is 1. The second-order valence-corrected chi connectivity index (χ2v) is 8.76. The fourth-order valence-corrected chi connectivity index (χ4v) is 4.22. The molecule has 0 aliphatic carbocycles. The van der Waals surface area contributed by atoms with Gasteiger partial charge in [0, 0.05) is 36.8 Å². The number of sulfonamides is 1. The summed E-state index contributed by atoms with van der Waals surface area (Å²) in [5.41, 5.74) is 1.72. The van der Waals surface area contributed by atoms with Crippen LogP contribution >= 0.6 is 11.6 Å². The number of nitrogens with one attached hydrogen (secondary N) is 1. The number of benzene rings is 2. The Labute approximate surface area is 164 Å². The lowest BCUT2D eigenvalue weighted by molar-refractivity contribution is 0.101. The summed E-state index contributed by atoms with van der Waals surface area (Å²) in [6.07, 6.45) is 0. The Kier molecular flexibility index (Phi) is 5.74. The topological polar surface area (TPSA) is 69.7 Å². The maximum atomic E-state index is 12.8. The minimum absolute atomic E-state index is 0.0943. The number of halogens is 1. The van der Waals surface area contributed by atoms with E-state index in [2.05, 4.69) is 21.6 Å². The quantitative estimate of drug-likeness (QED) is 0.771. The molecule has 6 nitrogen and oxygen atoms in total. The van der Waals surface area contributed by atoms with E-state index in [0.717, 1.165) is 31.9 Å². The zero-order valence-corrected chi connectivity index (χ0v) is 16.8. The number of rotatable bonds is 5. The molecule has 0 aromatic heterocycles. The fraction of sp³-hybridized carbons (Fsp3) is 0.316. The maximum absolute atomic E-state index is 12.8. The molecule has 0 bridgehead atoms. The van der Waals surface area contributed by atoms with Gasteiger partial charge in [-0.2, -0.15) is 0 Å². The average molecular weight is 408 g/mol. The normalized spacial score (nSPS) is 15.6. The van der Waals surface area contributed by atoms with Crippen LogP contribution in [0.4, 0.5) is 11.4 Å². The molecule has 2 aromatic rings. The van der Waals surface area contributed by atoms with Crippen LogP contribution in [-0.2, 0) is 10.0 Å². The molecule has 1 N–H and O–H groups in total. The molecule has 1 fully saturated rings. The standard InChI is InChI=1S/C19H22ClN3O3S/c1-14(24)15-3-6-17(7-4-15)27(25,26)21-18-13-16(20)5-8-19(18)23-11-9-22(2)10-12-23/h3-8,13,21H,9-12H2,1-2H3. The summed E-state index contributed by atoms with van der Waals surface area (Å²) in [5, 5.41) is 0.456. The summed E-state index contributed by atoms with van der Waals surface area (Å²) < 4.78 is 28.3. The lowest BCUT2D eigenvalue weighted by atomic mass is 10.2. The summed E-state index contributed by atoms with van der Waals surface area (Å²) in [6, 6.07) is 11.1. The van der Waals surface area contributed by atoms with Crippen molar-refractivity contribution in [1.82, 2.24) is 4.90 Å². The van der Waals surface area contributed by atoms with E-state index < -0.39 is 10.0 Å². The third kappa shape index (κ3) is 4.61. The molecule has 2 aromatic carbocycles. The Bertz CT molecular complexity index is 937. The Morgan fingerprint density at radius 2 is 1.67 bits per heavy atom. The average Bonchev–Trinajstić information content (AvgIpc) is 2.62. The number of likely N-dealkylation sites (N-methyl/N-ethyl adjacent to an activating group) is 1. The summed E-state index contributed by atoms with van der Waals surface area (Å²) >= 11 is 6.11. The third-order valence-electron chi connectivity index (χ3n) is 4.62. The SMILES string of the molecule is CC(=O)c1ccc(S(=O)(=O)Nc2cc(Cl)ccc2N2CCN(C)CC2)cc1. The van der Waals surface area contributed by atoms with E-state index in [1.807, 2.05) is 6.07 Å². The van der Waals surface area contributed by atoms with Crippen LogP contribution in [0, 0.1) is 0 Å². The summed E-state index contributed by atoms with van der Waals surface area (Å²) in [7, 11) is -1.74. The molecule has 8 heteroatoms. The first kappa shape index (κ1) is 19.7. The highest BCUT2D eigenvalue weighted by Gasteiger charge is 2.21. The van der Waals surface area contributed by atoms with Gasteiger partial charge >= 0.3 is 0 Å². The molecule has 0 spiro atoms. The van der Waals surface area contributed by atoms with Crippen molar-refractivity contribution in [3.8, 4) is 0 Å². The van der Waals surface area contributed by atoms with Gasteiger partial charge in [-0.1, -0.05) is 23.7 Å². The highest BCUT2D eigenvalue weighted by Crippen LogP contribution is 2.31. The number of carbonyl (C=O) groups excluding carboxylic acids is 1. The molecule has 1 heterocycles. The Morgan fingerprint density at radius 1 is 1.04 bits per heavy atom. The van der Waals surface area contributed by atoms with Crippen molar-refractivity contribution in [3.05, 3.63) is 53.1 Å². The number of piperazine rings is 1. The Hall–Kier alpha value is -2.09. The van der Waals surface area contributed by atoms with Gasteiger partial charge in [-0.3, -0.25) is 9.52 Å². The Morgan fingerprint density at radius 3 is 2.26 bits per heavy atom. The number of hydrogen-bond donors (Lipinski definition) is 1. The largest absolute Gasteiger partial charge is 0.367 e. The molecule has 27 heavy (non-hydrogen) atoms. The summed E-state index contributed by atoms with van der Waals surface area (Å²) in [6.45, 7) is 4.86. The van der Waals surface area contributed by atoms with Crippen LogP contribution in [0.5, 0.6) is 0 Å². The van der Waals surface area contributed by atoms with Gasteiger partial charge < -0.3 is 9.80 Å². The minimum Gasteiger partial charge on any atom is -0.367 e. The van der Waals surface area contributed by atoms with Gasteiger partial charge in [0.05, 0.1) is 16.3 Å². The van der Waals surface area contributed by atoms with Crippen molar-refractivity contribution in [2.75, 3.05) is 42.8 Å². The van der Waals surface area contributed by atoms with Crippen LogP contribution in [-0.4, -0.2) is 52.3 Å². The van der Waals surface area contributed by atoms with Crippen molar-refractivity contribution in [1.29, 1.82) is 0 Å². The molecule has 0 atom stereocenters. The third-order valence-corrected chi connectivity index (χ3v) is 6.23. The van der Waals surface area contributed by atoms with Crippen molar-refractivity contribution >= 4 is 38.8 Å². The molecule has 1 aliphatic heterocycles. The number of Topliss-reactive ketones (excluding diaryl/α,β-unsaturated/α-hetero) is 1. The van der Waals surface area contributed by atoms with Gasteiger partial charge in [0.25, 0.3) is 10.0 Å². The van der Waals surface area contributed by atoms with E-state index in [1.54, 1.807) is 12.1 Å². The molecule has 1 aliphatic rings. The second-order valence-electron chi connectivity index (χ2n) is 6.64. The van der Waals surface area contributed by atoms with Gasteiger partial charge in [0.15, 0.2) is 5.78 Å². The van der Waals surface area contributed by atoms with E-state index in [-0.39, 0.29) is 10.7 Å². The number of carbonyl (C=O) groups is 1. The number of hydrogen-bond acceptors (Lipinski definition) is 5. The van der Waals surface area contributed by atoms with E-state index >= 15 is 0 Å². The summed E-state index contributed by atoms with van der Waals surface area (Å²) in [4.78, 5) is 15.9. The van der Waals surface area contributed by atoms with Crippen LogP contribution in [0.15, 0.2) is 47.4 Å². The van der Waals surface area contributed by atoms with Gasteiger partial charge in [0.2, 0.25) is 0 Å². The first-order valence-electron chi connectivity index (χ1n) is 8.63. The van der Waals surface area contributed by atoms with Crippen LogP contribution in [0.3, 0.4) is 0 Å². The Balaban J connectivity index is 1.89. The van der Waals surface area contributed by atoms with Gasteiger partial charge in [0.1, 0.15) is 0 Å². The van der Waals surface area contributed by atoms with Crippen molar-refractivity contribution < 1.29 is 13.2 Å². The van der Waals surface area contributed by atoms with Crippen LogP contribution < -0.4 is 9.62 Å². The molecule has 1 saturated heterocycles. The first-order valence-corrected chi connectivity index (χ1v) is 10.5. The molecule has 0 amide bonds. The fourth-order valence-electron chi connectivity index (χ4n) is 2.99. The van der Waals surface area contributed by atoms with Crippen LogP contribution in [0.25, 0.3) is 0 Å². The van der Waals surface area contributed by atoms with Crippen molar-refractivity contribution in [2.45, 2.75) is 11.8 Å². The second kappa shape index (κ2) is 7.88. The zero-order valence-electron chi connectivity index (χ0n) is 15.3. The smallest absolute Gasteiger partial charge is 0.261 e.